The van der Waals surface area contributed by atoms with Crippen LogP contribution in [0.4, 0.5) is 0 Å². The normalized spacial score (nSPS) is 17.7. The summed E-state index contributed by atoms with van der Waals surface area (Å²) in [5.41, 5.74) is 0.583. The van der Waals surface area contributed by atoms with E-state index in [1.54, 1.807) is 30.5 Å². The predicted octanol–water partition coefficient (Wildman–Crippen LogP) is 4.73. The fraction of sp³-hybridized carbons (Fsp3) is 0.586. The van der Waals surface area contributed by atoms with Crippen molar-refractivity contribution in [2.75, 3.05) is 7.05 Å². The Labute approximate surface area is 214 Å². The van der Waals surface area contributed by atoms with E-state index >= 15 is 0 Å². The van der Waals surface area contributed by atoms with Crippen molar-refractivity contribution in [2.45, 2.75) is 102 Å². The van der Waals surface area contributed by atoms with Gasteiger partial charge < -0.3 is 14.8 Å². The third kappa shape index (κ3) is 6.83. The van der Waals surface area contributed by atoms with Crippen molar-refractivity contribution in [3.8, 4) is 0 Å². The lowest BCUT2D eigenvalue weighted by Crippen LogP contribution is -2.43. The summed E-state index contributed by atoms with van der Waals surface area (Å²) < 4.78 is 1.81. The summed E-state index contributed by atoms with van der Waals surface area (Å²) in [6, 6.07) is 5.98. The van der Waals surface area contributed by atoms with Crippen molar-refractivity contribution < 1.29 is 9.59 Å². The molecular weight excluding hydrogens is 452 g/mol. The first kappa shape index (κ1) is 26.1. The highest BCUT2D eigenvalue weighted by atomic mass is 16.2. The molecule has 4 rings (SSSR count). The molecule has 2 fully saturated rings. The molecule has 0 radical (unpaired) electrons. The summed E-state index contributed by atoms with van der Waals surface area (Å²) in [6.07, 6.45) is 18.6. The van der Waals surface area contributed by atoms with Gasteiger partial charge in [0.25, 0.3) is 11.8 Å². The third-order valence-corrected chi connectivity index (χ3v) is 7.79. The standard InChI is InChI=1S/C29H40N4O3/c1-32(24-15-8-5-9-16-24)29(36)26-21-33(19-17-22-12-10-11-18-30-22)20-25(27(26)34)28(35)31-23-13-6-3-2-4-7-14-23/h10-12,18,20-21,23-24H,2-9,13-17,19H2,1H3,(H,31,35). The molecule has 2 aliphatic carbocycles. The van der Waals surface area contributed by atoms with Crippen molar-refractivity contribution in [1.82, 2.24) is 19.8 Å². The zero-order valence-corrected chi connectivity index (χ0v) is 21.6. The fourth-order valence-corrected chi connectivity index (χ4v) is 5.55. The van der Waals surface area contributed by atoms with E-state index in [0.29, 0.717) is 13.0 Å². The van der Waals surface area contributed by atoms with Crippen molar-refractivity contribution in [3.05, 3.63) is 63.8 Å². The second-order valence-corrected chi connectivity index (χ2v) is 10.4. The van der Waals surface area contributed by atoms with E-state index in [-0.39, 0.29) is 35.0 Å². The maximum atomic E-state index is 13.5. The van der Waals surface area contributed by atoms with Gasteiger partial charge in [-0.25, -0.2) is 0 Å². The fourth-order valence-electron chi connectivity index (χ4n) is 5.55. The second kappa shape index (κ2) is 12.8. The summed E-state index contributed by atoms with van der Waals surface area (Å²) in [5, 5.41) is 3.11. The van der Waals surface area contributed by atoms with Gasteiger partial charge in [-0.2, -0.15) is 0 Å². The Morgan fingerprint density at radius 1 is 0.944 bits per heavy atom. The number of nitrogens with zero attached hydrogens (tertiary/aromatic N) is 3. The van der Waals surface area contributed by atoms with Crippen LogP contribution in [0.3, 0.4) is 0 Å². The van der Waals surface area contributed by atoms with Crippen LogP contribution in [0.1, 0.15) is 103 Å². The van der Waals surface area contributed by atoms with Gasteiger partial charge in [0.15, 0.2) is 0 Å². The summed E-state index contributed by atoms with van der Waals surface area (Å²) in [5.74, 6) is -0.661. The largest absolute Gasteiger partial charge is 0.352 e. The van der Waals surface area contributed by atoms with Crippen molar-refractivity contribution >= 4 is 11.8 Å². The van der Waals surface area contributed by atoms with E-state index in [1.807, 2.05) is 22.8 Å². The zero-order chi connectivity index (χ0) is 25.3. The molecule has 1 N–H and O–H groups in total. The molecule has 0 atom stereocenters. The molecule has 7 heteroatoms. The molecule has 2 amide bonds. The van der Waals surface area contributed by atoms with Crippen LogP contribution < -0.4 is 10.7 Å². The molecule has 194 valence electrons. The van der Waals surface area contributed by atoms with Crippen molar-refractivity contribution in [1.29, 1.82) is 0 Å². The van der Waals surface area contributed by atoms with Gasteiger partial charge in [0, 0.05) is 56.4 Å². The van der Waals surface area contributed by atoms with Gasteiger partial charge in [0.05, 0.1) is 0 Å². The van der Waals surface area contributed by atoms with Crippen molar-refractivity contribution in [3.63, 3.8) is 0 Å². The van der Waals surface area contributed by atoms with E-state index in [1.165, 1.54) is 25.7 Å². The molecule has 2 aromatic rings. The predicted molar refractivity (Wildman–Crippen MR) is 141 cm³/mol. The smallest absolute Gasteiger partial charge is 0.259 e. The summed E-state index contributed by atoms with van der Waals surface area (Å²) in [7, 11) is 1.79. The Morgan fingerprint density at radius 2 is 1.58 bits per heavy atom. The first-order valence-corrected chi connectivity index (χ1v) is 13.7. The Balaban J connectivity index is 1.59. The van der Waals surface area contributed by atoms with E-state index in [4.69, 9.17) is 0 Å². The molecule has 0 bridgehead atoms. The number of aryl methyl sites for hydroxylation is 2. The minimum atomic E-state index is -0.472. The number of aromatic nitrogens is 2. The molecule has 0 aromatic carbocycles. The van der Waals surface area contributed by atoms with Crippen molar-refractivity contribution in [2.24, 2.45) is 0 Å². The van der Waals surface area contributed by atoms with Crippen LogP contribution in [0, 0.1) is 0 Å². The Kier molecular flexibility index (Phi) is 9.31. The van der Waals surface area contributed by atoms with Crippen LogP contribution in [0.2, 0.25) is 0 Å². The molecule has 2 saturated carbocycles. The number of amides is 2. The van der Waals surface area contributed by atoms with E-state index in [9.17, 15) is 14.4 Å². The molecule has 0 aliphatic heterocycles. The number of hydrogen-bond acceptors (Lipinski definition) is 4. The van der Waals surface area contributed by atoms with Gasteiger partial charge in [0.2, 0.25) is 5.43 Å². The Morgan fingerprint density at radius 3 is 2.28 bits per heavy atom. The quantitative estimate of drug-likeness (QED) is 0.605. The minimum Gasteiger partial charge on any atom is -0.352 e. The van der Waals surface area contributed by atoms with Gasteiger partial charge in [-0.1, -0.05) is 57.4 Å². The average molecular weight is 493 g/mol. The van der Waals surface area contributed by atoms with E-state index in [0.717, 1.165) is 57.1 Å². The van der Waals surface area contributed by atoms with Crippen LogP contribution in [-0.4, -0.2) is 45.4 Å². The van der Waals surface area contributed by atoms with Crippen LogP contribution in [0.25, 0.3) is 0 Å². The van der Waals surface area contributed by atoms with E-state index < -0.39 is 5.43 Å². The highest BCUT2D eigenvalue weighted by Gasteiger charge is 2.27. The first-order chi connectivity index (χ1) is 17.5. The molecule has 36 heavy (non-hydrogen) atoms. The molecule has 0 unspecified atom stereocenters. The van der Waals surface area contributed by atoms with Crippen LogP contribution >= 0.6 is 0 Å². The number of rotatable bonds is 7. The van der Waals surface area contributed by atoms with E-state index in [2.05, 4.69) is 10.3 Å². The van der Waals surface area contributed by atoms with Gasteiger partial charge in [0.1, 0.15) is 11.1 Å². The van der Waals surface area contributed by atoms with Gasteiger partial charge in [-0.3, -0.25) is 19.4 Å². The maximum absolute atomic E-state index is 13.5. The topological polar surface area (TPSA) is 84.3 Å². The Hall–Kier alpha value is -2.96. The second-order valence-electron chi connectivity index (χ2n) is 10.4. The molecular formula is C29H40N4O3. The molecule has 0 spiro atoms. The lowest BCUT2D eigenvalue weighted by Gasteiger charge is -2.31. The summed E-state index contributed by atoms with van der Waals surface area (Å²) >= 11 is 0. The number of hydrogen-bond donors (Lipinski definition) is 1. The van der Waals surface area contributed by atoms with Gasteiger partial charge >= 0.3 is 0 Å². The van der Waals surface area contributed by atoms with Gasteiger partial charge in [-0.15, -0.1) is 0 Å². The Bertz CT molecular complexity index is 1070. The monoisotopic (exact) mass is 492 g/mol. The highest BCUT2D eigenvalue weighted by Crippen LogP contribution is 2.23. The lowest BCUT2D eigenvalue weighted by molar-refractivity contribution is 0.0694. The third-order valence-electron chi connectivity index (χ3n) is 7.79. The highest BCUT2D eigenvalue weighted by molar-refractivity contribution is 5.99. The maximum Gasteiger partial charge on any atom is 0.259 e. The zero-order valence-electron chi connectivity index (χ0n) is 21.6. The SMILES string of the molecule is CN(C(=O)c1cn(CCc2ccccn2)cc(C(=O)NC2CCCCCCC2)c1=O)C1CCCCC1. The summed E-state index contributed by atoms with van der Waals surface area (Å²) in [6.45, 7) is 0.522. The lowest BCUT2D eigenvalue weighted by atomic mass is 9.94. The summed E-state index contributed by atoms with van der Waals surface area (Å²) in [4.78, 5) is 46.4. The first-order valence-electron chi connectivity index (χ1n) is 13.7. The molecule has 2 heterocycles. The van der Waals surface area contributed by atoms with Crippen LogP contribution in [0.5, 0.6) is 0 Å². The molecule has 7 nitrogen and oxygen atoms in total. The van der Waals surface area contributed by atoms with Crippen LogP contribution in [0.15, 0.2) is 41.6 Å². The molecule has 0 saturated heterocycles. The molecule has 2 aromatic heterocycles. The number of pyridine rings is 2. The number of carbonyl (C=O) groups excluding carboxylic acids is 2. The number of carbonyl (C=O) groups is 2. The number of nitrogens with one attached hydrogen (secondary N) is 1. The molecule has 2 aliphatic rings. The van der Waals surface area contributed by atoms with Crippen LogP contribution in [-0.2, 0) is 13.0 Å². The van der Waals surface area contributed by atoms with Gasteiger partial charge in [-0.05, 0) is 37.8 Å². The minimum absolute atomic E-state index is 0.0565. The average Bonchev–Trinajstić information content (AvgIpc) is 2.89.